The number of aromatic nitrogens is 1. The van der Waals surface area contributed by atoms with Gasteiger partial charge in [-0.25, -0.2) is 4.98 Å². The second-order valence-corrected chi connectivity index (χ2v) is 4.15. The molecule has 0 fully saturated rings. The SMILES string of the molecule is CN(CCC(F)(F)F)c1nccc(/C(N)=N/O)c1Cl. The molecule has 1 heterocycles. The molecule has 0 amide bonds. The van der Waals surface area contributed by atoms with Crippen LogP contribution in [0.3, 0.4) is 0 Å². The van der Waals surface area contributed by atoms with Crippen LogP contribution in [0.4, 0.5) is 19.0 Å². The van der Waals surface area contributed by atoms with Gasteiger partial charge in [0.25, 0.3) is 0 Å². The fourth-order valence-electron chi connectivity index (χ4n) is 1.35. The van der Waals surface area contributed by atoms with Crippen LogP contribution in [0.5, 0.6) is 0 Å². The molecule has 1 aromatic heterocycles. The molecule has 0 atom stereocenters. The molecule has 0 radical (unpaired) electrons. The lowest BCUT2D eigenvalue weighted by Gasteiger charge is -2.20. The maximum Gasteiger partial charge on any atom is 0.390 e. The van der Waals surface area contributed by atoms with Gasteiger partial charge in [-0.15, -0.1) is 0 Å². The highest BCUT2D eigenvalue weighted by molar-refractivity contribution is 6.36. The fourth-order valence-corrected chi connectivity index (χ4v) is 1.70. The van der Waals surface area contributed by atoms with Crippen LogP contribution in [0.15, 0.2) is 17.4 Å². The van der Waals surface area contributed by atoms with Gasteiger partial charge in [0.15, 0.2) is 5.84 Å². The van der Waals surface area contributed by atoms with Crippen molar-refractivity contribution in [3.8, 4) is 0 Å². The number of nitrogens with two attached hydrogens (primary N) is 1. The van der Waals surface area contributed by atoms with E-state index in [1.165, 1.54) is 24.2 Å². The van der Waals surface area contributed by atoms with E-state index in [1.807, 2.05) is 0 Å². The third-order valence-electron chi connectivity index (χ3n) is 2.35. The van der Waals surface area contributed by atoms with E-state index in [-0.39, 0.29) is 28.8 Å². The molecule has 0 aliphatic rings. The van der Waals surface area contributed by atoms with Gasteiger partial charge in [0.2, 0.25) is 0 Å². The van der Waals surface area contributed by atoms with E-state index in [4.69, 9.17) is 22.5 Å². The van der Waals surface area contributed by atoms with Crippen molar-refractivity contribution >= 4 is 23.3 Å². The van der Waals surface area contributed by atoms with Crippen LogP contribution in [0, 0.1) is 0 Å². The molecule has 19 heavy (non-hydrogen) atoms. The number of nitrogens with zero attached hydrogens (tertiary/aromatic N) is 3. The van der Waals surface area contributed by atoms with Crippen molar-refractivity contribution < 1.29 is 18.4 Å². The molecular weight excluding hydrogens is 285 g/mol. The van der Waals surface area contributed by atoms with Gasteiger partial charge in [0.1, 0.15) is 5.82 Å². The molecule has 1 aromatic rings. The summed E-state index contributed by atoms with van der Waals surface area (Å²) in [7, 11) is 1.43. The molecule has 0 aliphatic carbocycles. The van der Waals surface area contributed by atoms with E-state index in [2.05, 4.69) is 10.1 Å². The number of rotatable bonds is 4. The lowest BCUT2D eigenvalue weighted by atomic mass is 10.2. The lowest BCUT2D eigenvalue weighted by Crippen LogP contribution is -2.26. The third kappa shape index (κ3) is 4.16. The quantitative estimate of drug-likeness (QED) is 0.387. The van der Waals surface area contributed by atoms with Crippen molar-refractivity contribution in [3.63, 3.8) is 0 Å². The van der Waals surface area contributed by atoms with Gasteiger partial charge in [-0.3, -0.25) is 0 Å². The number of amidine groups is 1. The van der Waals surface area contributed by atoms with Crippen LogP contribution in [-0.2, 0) is 0 Å². The minimum absolute atomic E-state index is 0.0301. The monoisotopic (exact) mass is 296 g/mol. The topological polar surface area (TPSA) is 74.7 Å². The number of anilines is 1. The van der Waals surface area contributed by atoms with Gasteiger partial charge in [0.05, 0.1) is 11.4 Å². The van der Waals surface area contributed by atoms with Crippen LogP contribution in [0.25, 0.3) is 0 Å². The van der Waals surface area contributed by atoms with Gasteiger partial charge in [-0.05, 0) is 6.07 Å². The van der Waals surface area contributed by atoms with E-state index >= 15 is 0 Å². The summed E-state index contributed by atoms with van der Waals surface area (Å²) in [6, 6.07) is 1.40. The van der Waals surface area contributed by atoms with Gasteiger partial charge in [-0.2, -0.15) is 13.2 Å². The Morgan fingerprint density at radius 1 is 1.58 bits per heavy atom. The van der Waals surface area contributed by atoms with E-state index in [0.29, 0.717) is 0 Å². The summed E-state index contributed by atoms with van der Waals surface area (Å²) in [5, 5.41) is 11.4. The normalized spacial score (nSPS) is 12.6. The Morgan fingerprint density at radius 3 is 2.74 bits per heavy atom. The standard InChI is InChI=1S/C10H12ClF3N4O/c1-18(5-3-10(12,13)14)9-7(11)6(2-4-16-9)8(15)17-19/h2,4,19H,3,5H2,1H3,(H2,15,17). The molecule has 9 heteroatoms. The summed E-state index contributed by atoms with van der Waals surface area (Å²) in [6.07, 6.45) is -3.93. The highest BCUT2D eigenvalue weighted by atomic mass is 35.5. The minimum Gasteiger partial charge on any atom is -0.409 e. The number of halogens is 4. The van der Waals surface area contributed by atoms with E-state index in [1.54, 1.807) is 0 Å². The number of hydrogen-bond acceptors (Lipinski definition) is 4. The molecule has 0 saturated heterocycles. The number of hydrogen-bond donors (Lipinski definition) is 2. The zero-order valence-electron chi connectivity index (χ0n) is 9.95. The zero-order valence-corrected chi connectivity index (χ0v) is 10.7. The number of pyridine rings is 1. The van der Waals surface area contributed by atoms with Crippen LogP contribution in [0.2, 0.25) is 5.02 Å². The van der Waals surface area contributed by atoms with Crippen LogP contribution < -0.4 is 10.6 Å². The summed E-state index contributed by atoms with van der Waals surface area (Å²) < 4.78 is 36.4. The Hall–Kier alpha value is -1.70. The molecular formula is C10H12ClF3N4O. The minimum atomic E-state index is -4.26. The Balaban J connectivity index is 2.95. The predicted octanol–water partition coefficient (Wildman–Crippen LogP) is 2.22. The van der Waals surface area contributed by atoms with E-state index in [0.717, 1.165) is 0 Å². The second kappa shape index (κ2) is 5.96. The smallest absolute Gasteiger partial charge is 0.390 e. The zero-order chi connectivity index (χ0) is 14.6. The largest absolute Gasteiger partial charge is 0.409 e. The van der Waals surface area contributed by atoms with Gasteiger partial charge >= 0.3 is 6.18 Å². The molecule has 3 N–H and O–H groups in total. The third-order valence-corrected chi connectivity index (χ3v) is 2.72. The van der Waals surface area contributed by atoms with Crippen LogP contribution in [-0.4, -0.2) is 35.8 Å². The van der Waals surface area contributed by atoms with Crippen molar-refractivity contribution in [2.45, 2.75) is 12.6 Å². The van der Waals surface area contributed by atoms with Gasteiger partial charge in [0, 0.05) is 25.4 Å². The molecule has 1 rings (SSSR count). The molecule has 0 unspecified atom stereocenters. The Kier molecular flexibility index (Phi) is 4.82. The summed E-state index contributed by atoms with van der Waals surface area (Å²) in [5.41, 5.74) is 5.60. The van der Waals surface area contributed by atoms with Crippen molar-refractivity contribution in [2.24, 2.45) is 10.9 Å². The average Bonchev–Trinajstić information content (AvgIpc) is 2.34. The molecule has 0 aliphatic heterocycles. The number of alkyl halides is 3. The predicted molar refractivity (Wildman–Crippen MR) is 65.7 cm³/mol. The van der Waals surface area contributed by atoms with E-state index in [9.17, 15) is 13.2 Å². The van der Waals surface area contributed by atoms with Gasteiger partial charge in [-0.1, -0.05) is 16.8 Å². The Labute approximate surface area is 112 Å². The highest BCUT2D eigenvalue weighted by Gasteiger charge is 2.28. The first-order valence-electron chi connectivity index (χ1n) is 5.16. The second-order valence-electron chi connectivity index (χ2n) is 3.77. The molecule has 5 nitrogen and oxygen atoms in total. The maximum absolute atomic E-state index is 12.1. The first-order valence-corrected chi connectivity index (χ1v) is 5.54. The van der Waals surface area contributed by atoms with Crippen molar-refractivity contribution in [2.75, 3.05) is 18.5 Å². The maximum atomic E-state index is 12.1. The summed E-state index contributed by atoms with van der Waals surface area (Å²) in [6.45, 7) is -0.296. The van der Waals surface area contributed by atoms with Crippen LogP contribution >= 0.6 is 11.6 Å². The number of oxime groups is 1. The van der Waals surface area contributed by atoms with Gasteiger partial charge < -0.3 is 15.8 Å². The van der Waals surface area contributed by atoms with Crippen molar-refractivity contribution in [1.29, 1.82) is 0 Å². The molecule has 106 valence electrons. The molecule has 0 aromatic carbocycles. The first kappa shape index (κ1) is 15.4. The van der Waals surface area contributed by atoms with Crippen molar-refractivity contribution in [1.82, 2.24) is 4.98 Å². The average molecular weight is 297 g/mol. The Morgan fingerprint density at radius 2 is 2.21 bits per heavy atom. The van der Waals surface area contributed by atoms with Crippen LogP contribution in [0.1, 0.15) is 12.0 Å². The lowest BCUT2D eigenvalue weighted by molar-refractivity contribution is -0.132. The molecule has 0 spiro atoms. The van der Waals surface area contributed by atoms with Crippen molar-refractivity contribution in [3.05, 3.63) is 22.8 Å². The Bertz CT molecular complexity index is 478. The first-order chi connectivity index (χ1) is 8.76. The summed E-state index contributed by atoms with van der Waals surface area (Å²) >= 11 is 5.97. The van der Waals surface area contributed by atoms with E-state index < -0.39 is 12.6 Å². The fraction of sp³-hybridized carbons (Fsp3) is 0.400. The summed E-state index contributed by atoms with van der Waals surface area (Å²) in [4.78, 5) is 5.14. The molecule has 0 bridgehead atoms. The highest BCUT2D eigenvalue weighted by Crippen LogP contribution is 2.27. The molecule has 0 saturated carbocycles. The summed E-state index contributed by atoms with van der Waals surface area (Å²) in [5.74, 6) is -0.104.